The van der Waals surface area contributed by atoms with Crippen LogP contribution in [0.3, 0.4) is 0 Å². The Morgan fingerprint density at radius 2 is 2.43 bits per heavy atom. The summed E-state index contributed by atoms with van der Waals surface area (Å²) in [7, 11) is 0. The average molecular weight is 203 g/mol. The van der Waals surface area contributed by atoms with Crippen molar-refractivity contribution in [3.63, 3.8) is 0 Å². The van der Waals surface area contributed by atoms with Crippen LogP contribution in [0.4, 0.5) is 0 Å². The number of aliphatic hydroxyl groups is 1. The standard InChI is InChI=1S/C9H17NO4/c11-4-7-13-6-3-10-9(12)8-2-1-5-14-8/h8,11H,1-7H2,(H,10,12)/t8-/m0/s1. The first-order chi connectivity index (χ1) is 6.84. The van der Waals surface area contributed by atoms with Crippen molar-refractivity contribution < 1.29 is 19.4 Å². The second-order valence-corrected chi connectivity index (χ2v) is 3.13. The van der Waals surface area contributed by atoms with Crippen LogP contribution < -0.4 is 5.32 Å². The molecule has 0 aromatic heterocycles. The average Bonchev–Trinajstić information content (AvgIpc) is 2.70. The molecule has 5 heteroatoms. The molecule has 0 radical (unpaired) electrons. The van der Waals surface area contributed by atoms with Gasteiger partial charge in [-0.15, -0.1) is 0 Å². The van der Waals surface area contributed by atoms with Crippen molar-refractivity contribution in [1.29, 1.82) is 0 Å². The fourth-order valence-electron chi connectivity index (χ4n) is 1.31. The molecular weight excluding hydrogens is 186 g/mol. The molecule has 0 aliphatic carbocycles. The zero-order chi connectivity index (χ0) is 10.2. The Morgan fingerprint density at radius 1 is 1.57 bits per heavy atom. The Bertz CT molecular complexity index is 168. The third-order valence-corrected chi connectivity index (χ3v) is 2.00. The quantitative estimate of drug-likeness (QED) is 0.560. The number of hydrogen-bond acceptors (Lipinski definition) is 4. The van der Waals surface area contributed by atoms with Crippen LogP contribution in [0.1, 0.15) is 12.8 Å². The molecule has 2 N–H and O–H groups in total. The highest BCUT2D eigenvalue weighted by Crippen LogP contribution is 2.11. The van der Waals surface area contributed by atoms with E-state index < -0.39 is 0 Å². The second-order valence-electron chi connectivity index (χ2n) is 3.13. The number of hydrogen-bond donors (Lipinski definition) is 2. The van der Waals surface area contributed by atoms with Gasteiger partial charge in [0.25, 0.3) is 0 Å². The maximum Gasteiger partial charge on any atom is 0.249 e. The smallest absolute Gasteiger partial charge is 0.249 e. The molecule has 0 saturated carbocycles. The van der Waals surface area contributed by atoms with Crippen molar-refractivity contribution in [2.24, 2.45) is 0 Å². The number of nitrogens with one attached hydrogen (secondary N) is 1. The normalized spacial score (nSPS) is 21.1. The van der Waals surface area contributed by atoms with Gasteiger partial charge in [-0.25, -0.2) is 0 Å². The highest BCUT2D eigenvalue weighted by atomic mass is 16.5. The summed E-state index contributed by atoms with van der Waals surface area (Å²) >= 11 is 0. The summed E-state index contributed by atoms with van der Waals surface area (Å²) in [5, 5.41) is 11.1. The number of carbonyl (C=O) groups excluding carboxylic acids is 1. The van der Waals surface area contributed by atoms with E-state index in [9.17, 15) is 4.79 Å². The zero-order valence-electron chi connectivity index (χ0n) is 8.20. The highest BCUT2D eigenvalue weighted by molar-refractivity contribution is 5.80. The maximum absolute atomic E-state index is 11.3. The molecule has 0 aromatic carbocycles. The predicted molar refractivity (Wildman–Crippen MR) is 49.9 cm³/mol. The molecule has 1 heterocycles. The molecule has 14 heavy (non-hydrogen) atoms. The number of rotatable bonds is 6. The van der Waals surface area contributed by atoms with Crippen LogP contribution in [-0.2, 0) is 14.3 Å². The first-order valence-corrected chi connectivity index (χ1v) is 4.92. The Kier molecular flexibility index (Phi) is 5.51. The molecule has 1 atom stereocenters. The Hall–Kier alpha value is -0.650. The molecule has 1 rings (SSSR count). The van der Waals surface area contributed by atoms with E-state index in [2.05, 4.69) is 5.32 Å². The van der Waals surface area contributed by atoms with Crippen LogP contribution in [0.2, 0.25) is 0 Å². The number of aliphatic hydroxyl groups excluding tert-OH is 1. The third kappa shape index (κ3) is 4.04. The van der Waals surface area contributed by atoms with Crippen molar-refractivity contribution in [2.75, 3.05) is 33.0 Å². The largest absolute Gasteiger partial charge is 0.394 e. The van der Waals surface area contributed by atoms with Crippen LogP contribution in [0.15, 0.2) is 0 Å². The van der Waals surface area contributed by atoms with Crippen LogP contribution in [0.5, 0.6) is 0 Å². The lowest BCUT2D eigenvalue weighted by atomic mass is 10.2. The van der Waals surface area contributed by atoms with Crippen molar-refractivity contribution >= 4 is 5.91 Å². The predicted octanol–water partition coefficient (Wildman–Crippen LogP) is -0.710. The van der Waals surface area contributed by atoms with Gasteiger partial charge in [0.05, 0.1) is 19.8 Å². The summed E-state index contributed by atoms with van der Waals surface area (Å²) < 4.78 is 10.2. The van der Waals surface area contributed by atoms with Crippen molar-refractivity contribution in [3.8, 4) is 0 Å². The van der Waals surface area contributed by atoms with Gasteiger partial charge in [0.2, 0.25) is 5.91 Å². The molecular formula is C9H17NO4. The van der Waals surface area contributed by atoms with Crippen molar-refractivity contribution in [3.05, 3.63) is 0 Å². The van der Waals surface area contributed by atoms with Crippen LogP contribution in [0.25, 0.3) is 0 Å². The fraction of sp³-hybridized carbons (Fsp3) is 0.889. The Morgan fingerprint density at radius 3 is 3.07 bits per heavy atom. The van der Waals surface area contributed by atoms with E-state index >= 15 is 0 Å². The van der Waals surface area contributed by atoms with Gasteiger partial charge in [-0.2, -0.15) is 0 Å². The number of amides is 1. The summed E-state index contributed by atoms with van der Waals surface area (Å²) in [5.74, 6) is -0.0601. The van der Waals surface area contributed by atoms with E-state index in [-0.39, 0.29) is 18.6 Å². The lowest BCUT2D eigenvalue weighted by molar-refractivity contribution is -0.130. The summed E-state index contributed by atoms with van der Waals surface area (Å²) in [4.78, 5) is 11.3. The van der Waals surface area contributed by atoms with Gasteiger partial charge in [0.15, 0.2) is 0 Å². The lowest BCUT2D eigenvalue weighted by Crippen LogP contribution is -2.36. The fourth-order valence-corrected chi connectivity index (χ4v) is 1.31. The summed E-state index contributed by atoms with van der Waals surface area (Å²) in [6.07, 6.45) is 1.50. The zero-order valence-corrected chi connectivity index (χ0v) is 8.20. The molecule has 0 aromatic rings. The van der Waals surface area contributed by atoms with E-state index in [1.54, 1.807) is 0 Å². The van der Waals surface area contributed by atoms with E-state index in [1.807, 2.05) is 0 Å². The molecule has 1 saturated heterocycles. The maximum atomic E-state index is 11.3. The van der Waals surface area contributed by atoms with Crippen molar-refractivity contribution in [1.82, 2.24) is 5.32 Å². The number of carbonyl (C=O) groups is 1. The lowest BCUT2D eigenvalue weighted by Gasteiger charge is -2.10. The first kappa shape index (κ1) is 11.4. The molecule has 1 fully saturated rings. The van der Waals surface area contributed by atoms with Gasteiger partial charge in [-0.1, -0.05) is 0 Å². The van der Waals surface area contributed by atoms with E-state index in [4.69, 9.17) is 14.6 Å². The topological polar surface area (TPSA) is 67.8 Å². The first-order valence-electron chi connectivity index (χ1n) is 4.92. The molecule has 0 bridgehead atoms. The molecule has 0 unspecified atom stereocenters. The number of ether oxygens (including phenoxy) is 2. The van der Waals surface area contributed by atoms with Gasteiger partial charge in [0, 0.05) is 13.2 Å². The Balaban J connectivity index is 1.97. The van der Waals surface area contributed by atoms with E-state index in [0.717, 1.165) is 12.8 Å². The van der Waals surface area contributed by atoms with Gasteiger partial charge in [-0.3, -0.25) is 4.79 Å². The van der Waals surface area contributed by atoms with E-state index in [1.165, 1.54) is 0 Å². The van der Waals surface area contributed by atoms with Crippen LogP contribution >= 0.6 is 0 Å². The minimum atomic E-state index is -0.271. The van der Waals surface area contributed by atoms with Gasteiger partial charge < -0.3 is 19.9 Å². The molecule has 1 aliphatic rings. The SMILES string of the molecule is O=C(NCCOCCO)[C@@H]1CCCO1. The molecule has 5 nitrogen and oxygen atoms in total. The van der Waals surface area contributed by atoms with E-state index in [0.29, 0.717) is 26.4 Å². The van der Waals surface area contributed by atoms with Gasteiger partial charge in [0.1, 0.15) is 6.10 Å². The van der Waals surface area contributed by atoms with Crippen molar-refractivity contribution in [2.45, 2.75) is 18.9 Å². The molecule has 1 amide bonds. The highest BCUT2D eigenvalue weighted by Gasteiger charge is 2.22. The molecule has 1 aliphatic heterocycles. The molecule has 82 valence electrons. The third-order valence-electron chi connectivity index (χ3n) is 2.00. The van der Waals surface area contributed by atoms with Crippen LogP contribution in [-0.4, -0.2) is 50.1 Å². The monoisotopic (exact) mass is 203 g/mol. The van der Waals surface area contributed by atoms with Gasteiger partial charge in [-0.05, 0) is 12.8 Å². The minimum absolute atomic E-state index is 0.0136. The summed E-state index contributed by atoms with van der Waals surface area (Å²) in [5.41, 5.74) is 0. The molecule has 0 spiro atoms. The van der Waals surface area contributed by atoms with Gasteiger partial charge >= 0.3 is 0 Å². The van der Waals surface area contributed by atoms with Crippen LogP contribution in [0, 0.1) is 0 Å². The summed E-state index contributed by atoms with van der Waals surface area (Å²) in [6.45, 7) is 1.91. The summed E-state index contributed by atoms with van der Waals surface area (Å²) in [6, 6.07) is 0. The minimum Gasteiger partial charge on any atom is -0.394 e. The second kappa shape index (κ2) is 6.75. The Labute approximate surface area is 83.4 Å².